The molecule has 1 fully saturated rings. The van der Waals surface area contributed by atoms with Crippen molar-refractivity contribution in [2.24, 2.45) is 0 Å². The maximum atomic E-state index is 9.88. The van der Waals surface area contributed by atoms with Crippen molar-refractivity contribution in [2.45, 2.75) is 12.5 Å². The van der Waals surface area contributed by atoms with Gasteiger partial charge in [-0.1, -0.05) is 0 Å². The van der Waals surface area contributed by atoms with Crippen LogP contribution in [-0.4, -0.2) is 18.3 Å². The number of ether oxygens (including phenoxy) is 1. The fourth-order valence-electron chi connectivity index (χ4n) is 1.13. The zero-order valence-corrected chi connectivity index (χ0v) is 9.04. The van der Waals surface area contributed by atoms with Crippen molar-refractivity contribution in [2.75, 3.05) is 13.2 Å². The molecular formula is C8H9BrO2S. The third-order valence-electron chi connectivity index (χ3n) is 2.00. The van der Waals surface area contributed by atoms with Crippen molar-refractivity contribution >= 4 is 27.3 Å². The van der Waals surface area contributed by atoms with Crippen LogP contribution in [0.5, 0.6) is 0 Å². The summed E-state index contributed by atoms with van der Waals surface area (Å²) in [4.78, 5) is 0.998. The summed E-state index contributed by atoms with van der Waals surface area (Å²) < 4.78 is 6.08. The second-order valence-electron chi connectivity index (χ2n) is 3.09. The molecule has 0 radical (unpaired) electrons. The van der Waals surface area contributed by atoms with E-state index < -0.39 is 5.60 Å². The zero-order chi connectivity index (χ0) is 8.77. The predicted molar refractivity (Wildman–Crippen MR) is 51.5 cm³/mol. The quantitative estimate of drug-likeness (QED) is 0.825. The third-order valence-corrected chi connectivity index (χ3v) is 4.33. The molecule has 1 aromatic rings. The summed E-state index contributed by atoms with van der Waals surface area (Å²) in [6.45, 7) is 2.88. The Bertz CT molecular complexity index is 285. The molecule has 2 rings (SSSR count). The van der Waals surface area contributed by atoms with Crippen molar-refractivity contribution in [1.29, 1.82) is 0 Å². The highest BCUT2D eigenvalue weighted by Gasteiger charge is 2.39. The number of halogens is 1. The van der Waals surface area contributed by atoms with E-state index in [1.165, 1.54) is 5.56 Å². The van der Waals surface area contributed by atoms with E-state index in [-0.39, 0.29) is 0 Å². The first-order valence-corrected chi connectivity index (χ1v) is 5.29. The first-order chi connectivity index (χ1) is 5.62. The van der Waals surface area contributed by atoms with Gasteiger partial charge in [0, 0.05) is 4.88 Å². The molecule has 2 heterocycles. The minimum absolute atomic E-state index is 0.430. The van der Waals surface area contributed by atoms with Gasteiger partial charge in [0.2, 0.25) is 0 Å². The Labute approximate surface area is 83.3 Å². The number of aryl methyl sites for hydroxylation is 1. The largest absolute Gasteiger partial charge is 0.379 e. The van der Waals surface area contributed by atoms with Gasteiger partial charge in [-0.05, 0) is 34.5 Å². The summed E-state index contributed by atoms with van der Waals surface area (Å²) in [5.74, 6) is 0. The van der Waals surface area contributed by atoms with Crippen LogP contribution in [0, 0.1) is 6.92 Å². The zero-order valence-electron chi connectivity index (χ0n) is 6.63. The lowest BCUT2D eigenvalue weighted by molar-refractivity contribution is -0.182. The Morgan fingerprint density at radius 2 is 2.33 bits per heavy atom. The van der Waals surface area contributed by atoms with Crippen LogP contribution in [0.3, 0.4) is 0 Å². The van der Waals surface area contributed by atoms with Crippen LogP contribution in [0.1, 0.15) is 10.4 Å². The average molecular weight is 249 g/mol. The Kier molecular flexibility index (Phi) is 2.03. The molecule has 0 aliphatic carbocycles. The van der Waals surface area contributed by atoms with Gasteiger partial charge < -0.3 is 9.84 Å². The first kappa shape index (κ1) is 8.69. The molecule has 0 atom stereocenters. The summed E-state index contributed by atoms with van der Waals surface area (Å²) in [6, 6.07) is 2.01. The maximum absolute atomic E-state index is 9.88. The molecule has 0 spiro atoms. The van der Waals surface area contributed by atoms with Gasteiger partial charge in [-0.2, -0.15) is 0 Å². The number of rotatable bonds is 1. The average Bonchev–Trinajstić information content (AvgIpc) is 2.28. The monoisotopic (exact) mass is 248 g/mol. The number of aliphatic hydroxyl groups is 1. The van der Waals surface area contributed by atoms with Crippen LogP contribution in [0.25, 0.3) is 0 Å². The number of hydrogen-bond acceptors (Lipinski definition) is 3. The Balaban J connectivity index is 2.34. The standard InChI is InChI=1S/C8H9BrO2S/c1-5-2-6(12-7(5)9)8(10)3-11-4-8/h2,10H,3-4H2,1H3. The fraction of sp³-hybridized carbons (Fsp3) is 0.500. The summed E-state index contributed by atoms with van der Waals surface area (Å²) in [5.41, 5.74) is 0.469. The molecule has 1 aliphatic heterocycles. The highest BCUT2D eigenvalue weighted by Crippen LogP contribution is 2.38. The molecule has 1 aliphatic rings. The topological polar surface area (TPSA) is 29.5 Å². The summed E-state index contributed by atoms with van der Waals surface area (Å²) >= 11 is 5.01. The molecule has 4 heteroatoms. The van der Waals surface area contributed by atoms with E-state index in [0.717, 1.165) is 8.66 Å². The first-order valence-electron chi connectivity index (χ1n) is 3.68. The van der Waals surface area contributed by atoms with Crippen LogP contribution >= 0.6 is 27.3 Å². The molecule has 0 amide bonds. The van der Waals surface area contributed by atoms with Gasteiger partial charge in [0.25, 0.3) is 0 Å². The van der Waals surface area contributed by atoms with Gasteiger partial charge in [-0.3, -0.25) is 0 Å². The SMILES string of the molecule is Cc1cc(C2(O)COC2)sc1Br. The summed E-state index contributed by atoms with van der Waals surface area (Å²) in [5, 5.41) is 9.88. The molecule has 0 bridgehead atoms. The van der Waals surface area contributed by atoms with E-state index in [9.17, 15) is 5.11 Å². The minimum Gasteiger partial charge on any atom is -0.379 e. The van der Waals surface area contributed by atoms with Gasteiger partial charge in [-0.15, -0.1) is 11.3 Å². The van der Waals surface area contributed by atoms with Crippen LogP contribution < -0.4 is 0 Å². The fourth-order valence-corrected chi connectivity index (χ4v) is 2.72. The van der Waals surface area contributed by atoms with Gasteiger partial charge in [0.1, 0.15) is 5.60 Å². The molecule has 2 nitrogen and oxygen atoms in total. The normalized spacial score (nSPS) is 20.6. The Morgan fingerprint density at radius 3 is 2.67 bits per heavy atom. The lowest BCUT2D eigenvalue weighted by atomic mass is 10.0. The third kappa shape index (κ3) is 1.23. The van der Waals surface area contributed by atoms with E-state index in [2.05, 4.69) is 15.9 Å². The van der Waals surface area contributed by atoms with Crippen LogP contribution in [0.15, 0.2) is 9.85 Å². The summed E-state index contributed by atoms with van der Waals surface area (Å²) in [6.07, 6.45) is 0. The molecule has 1 aromatic heterocycles. The van der Waals surface area contributed by atoms with Crippen molar-refractivity contribution in [3.8, 4) is 0 Å². The van der Waals surface area contributed by atoms with E-state index in [1.54, 1.807) is 11.3 Å². The molecule has 1 saturated heterocycles. The van der Waals surface area contributed by atoms with Crippen LogP contribution in [0.4, 0.5) is 0 Å². The van der Waals surface area contributed by atoms with E-state index in [1.807, 2.05) is 13.0 Å². The second kappa shape index (κ2) is 2.80. The molecule has 0 unspecified atom stereocenters. The highest BCUT2D eigenvalue weighted by molar-refractivity contribution is 9.11. The Hall–Kier alpha value is 0.100. The smallest absolute Gasteiger partial charge is 0.145 e. The van der Waals surface area contributed by atoms with Crippen molar-refractivity contribution in [3.63, 3.8) is 0 Å². The number of hydrogen-bond donors (Lipinski definition) is 1. The lowest BCUT2D eigenvalue weighted by Crippen LogP contribution is -2.45. The van der Waals surface area contributed by atoms with E-state index >= 15 is 0 Å². The van der Waals surface area contributed by atoms with Crippen molar-refractivity contribution < 1.29 is 9.84 Å². The predicted octanol–water partition coefficient (Wildman–Crippen LogP) is 2.04. The molecular weight excluding hydrogens is 240 g/mol. The molecule has 0 aromatic carbocycles. The van der Waals surface area contributed by atoms with E-state index in [4.69, 9.17) is 4.74 Å². The van der Waals surface area contributed by atoms with Crippen molar-refractivity contribution in [1.82, 2.24) is 0 Å². The van der Waals surface area contributed by atoms with Crippen LogP contribution in [-0.2, 0) is 10.3 Å². The molecule has 1 N–H and O–H groups in total. The number of thiophene rings is 1. The van der Waals surface area contributed by atoms with Gasteiger partial charge in [0.05, 0.1) is 17.0 Å². The van der Waals surface area contributed by atoms with Crippen molar-refractivity contribution in [3.05, 3.63) is 20.3 Å². The molecule has 0 saturated carbocycles. The van der Waals surface area contributed by atoms with Gasteiger partial charge in [0.15, 0.2) is 0 Å². The maximum Gasteiger partial charge on any atom is 0.145 e. The molecule has 12 heavy (non-hydrogen) atoms. The summed E-state index contributed by atoms with van der Waals surface area (Å²) in [7, 11) is 0. The van der Waals surface area contributed by atoms with E-state index in [0.29, 0.717) is 13.2 Å². The van der Waals surface area contributed by atoms with Gasteiger partial charge in [-0.25, -0.2) is 0 Å². The second-order valence-corrected chi connectivity index (χ2v) is 5.46. The van der Waals surface area contributed by atoms with Gasteiger partial charge >= 0.3 is 0 Å². The van der Waals surface area contributed by atoms with Crippen LogP contribution in [0.2, 0.25) is 0 Å². The highest BCUT2D eigenvalue weighted by atomic mass is 79.9. The minimum atomic E-state index is -0.707. The lowest BCUT2D eigenvalue weighted by Gasteiger charge is -2.35. The Morgan fingerprint density at radius 1 is 1.67 bits per heavy atom. The molecule has 66 valence electrons.